The Labute approximate surface area is 174 Å². The first-order valence-electron chi connectivity index (χ1n) is 10.8. The van der Waals surface area contributed by atoms with E-state index < -0.39 is 6.10 Å². The number of fused-ring (bicyclic) bond motifs is 2. The molecule has 4 nitrogen and oxygen atoms in total. The van der Waals surface area contributed by atoms with E-state index in [-0.39, 0.29) is 5.41 Å². The topological polar surface area (TPSA) is 35.9 Å². The highest BCUT2D eigenvalue weighted by atomic mass is 35.5. The molecule has 2 saturated carbocycles. The van der Waals surface area contributed by atoms with Gasteiger partial charge in [0.1, 0.15) is 0 Å². The average molecular weight is 407 g/mol. The zero-order chi connectivity index (χ0) is 19.9. The fourth-order valence-corrected chi connectivity index (χ4v) is 6.01. The Hall–Kier alpha value is -0.810. The van der Waals surface area contributed by atoms with Crippen LogP contribution in [0.15, 0.2) is 24.3 Å². The Bertz CT molecular complexity index is 689. The van der Waals surface area contributed by atoms with Crippen LogP contribution in [-0.2, 0) is 4.74 Å². The van der Waals surface area contributed by atoms with E-state index in [0.717, 1.165) is 43.5 Å². The zero-order valence-electron chi connectivity index (χ0n) is 17.5. The van der Waals surface area contributed by atoms with E-state index in [0.29, 0.717) is 24.7 Å². The van der Waals surface area contributed by atoms with Gasteiger partial charge in [0.25, 0.3) is 0 Å². The number of benzene rings is 1. The lowest BCUT2D eigenvalue weighted by molar-refractivity contribution is -0.0794. The summed E-state index contributed by atoms with van der Waals surface area (Å²) >= 11 is 6.12. The quantitative estimate of drug-likeness (QED) is 0.772. The highest BCUT2D eigenvalue weighted by molar-refractivity contribution is 6.30. The van der Waals surface area contributed by atoms with Gasteiger partial charge in [0, 0.05) is 43.4 Å². The van der Waals surface area contributed by atoms with Crippen LogP contribution in [0.2, 0.25) is 5.02 Å². The van der Waals surface area contributed by atoms with E-state index in [4.69, 9.17) is 16.3 Å². The van der Waals surface area contributed by atoms with Crippen molar-refractivity contribution in [2.45, 2.75) is 52.2 Å². The van der Waals surface area contributed by atoms with E-state index >= 15 is 0 Å². The van der Waals surface area contributed by atoms with Crippen molar-refractivity contribution in [3.05, 3.63) is 29.3 Å². The predicted molar refractivity (Wildman–Crippen MR) is 115 cm³/mol. The molecule has 28 heavy (non-hydrogen) atoms. The Kier molecular flexibility index (Phi) is 5.69. The van der Waals surface area contributed by atoms with Crippen LogP contribution in [0.3, 0.4) is 0 Å². The molecule has 0 amide bonds. The third-order valence-corrected chi connectivity index (χ3v) is 8.45. The van der Waals surface area contributed by atoms with Crippen LogP contribution in [-0.4, -0.2) is 61.5 Å². The predicted octanol–water partition coefficient (Wildman–Crippen LogP) is 4.05. The van der Waals surface area contributed by atoms with E-state index in [1.54, 1.807) is 0 Å². The van der Waals surface area contributed by atoms with Gasteiger partial charge in [-0.15, -0.1) is 0 Å². The smallest absolute Gasteiger partial charge is 0.0900 e. The number of piperazine rings is 1. The Morgan fingerprint density at radius 1 is 1.21 bits per heavy atom. The maximum Gasteiger partial charge on any atom is 0.0900 e. The standard InChI is InChI=1S/C23H35ClN2O2/c1-22(2)17-7-8-23(22,3)21(13-17)28-16-20(27)15-25-9-11-26(12-10-25)19-6-4-5-18(24)14-19/h4-6,14,17,20-21,27H,7-13,15-16H2,1-3H3/t17-,20-,21-,23-/m1/s1. The van der Waals surface area contributed by atoms with Crippen molar-refractivity contribution >= 4 is 17.3 Å². The molecule has 0 spiro atoms. The minimum atomic E-state index is -0.413. The number of β-amino-alcohol motifs (C(OH)–C–C–N with tert-alkyl or cyclic N) is 1. The summed E-state index contributed by atoms with van der Waals surface area (Å²) in [6.45, 7) is 12.2. The molecular formula is C23H35ClN2O2. The number of hydrogen-bond acceptors (Lipinski definition) is 4. The van der Waals surface area contributed by atoms with Crippen LogP contribution in [0.25, 0.3) is 0 Å². The van der Waals surface area contributed by atoms with E-state index in [2.05, 4.69) is 36.6 Å². The molecule has 2 aliphatic carbocycles. The summed E-state index contributed by atoms with van der Waals surface area (Å²) in [5.74, 6) is 0.777. The molecule has 1 aromatic rings. The van der Waals surface area contributed by atoms with Crippen molar-refractivity contribution in [3.8, 4) is 0 Å². The van der Waals surface area contributed by atoms with Crippen molar-refractivity contribution in [1.29, 1.82) is 0 Å². The lowest BCUT2D eigenvalue weighted by Gasteiger charge is -2.39. The number of aliphatic hydroxyl groups excluding tert-OH is 1. The number of hydrogen-bond donors (Lipinski definition) is 1. The molecule has 1 aromatic carbocycles. The van der Waals surface area contributed by atoms with E-state index in [9.17, 15) is 5.11 Å². The molecule has 4 atom stereocenters. The molecule has 156 valence electrons. The molecule has 1 N–H and O–H groups in total. The number of ether oxygens (including phenoxy) is 1. The number of rotatable bonds is 6. The summed E-state index contributed by atoms with van der Waals surface area (Å²) in [5.41, 5.74) is 1.81. The van der Waals surface area contributed by atoms with Gasteiger partial charge in [-0.05, 0) is 54.2 Å². The first kappa shape index (κ1) is 20.5. The Morgan fingerprint density at radius 3 is 2.57 bits per heavy atom. The molecule has 3 aliphatic rings. The van der Waals surface area contributed by atoms with Gasteiger partial charge in [-0.3, -0.25) is 4.90 Å². The summed E-state index contributed by atoms with van der Waals surface area (Å²) in [5, 5.41) is 11.3. The molecule has 2 bridgehead atoms. The van der Waals surface area contributed by atoms with Gasteiger partial charge in [-0.25, -0.2) is 0 Å². The SMILES string of the molecule is CC1(C)[C@@H]2CC[C@]1(C)[C@H](OC[C@H](O)CN1CCN(c3cccc(Cl)c3)CC1)C2. The summed E-state index contributed by atoms with van der Waals surface area (Å²) in [7, 11) is 0. The van der Waals surface area contributed by atoms with Gasteiger partial charge in [0.15, 0.2) is 0 Å². The monoisotopic (exact) mass is 406 g/mol. The van der Waals surface area contributed by atoms with Crippen molar-refractivity contribution in [3.63, 3.8) is 0 Å². The summed E-state index contributed by atoms with van der Waals surface area (Å²) < 4.78 is 6.28. The molecule has 4 rings (SSSR count). The minimum Gasteiger partial charge on any atom is -0.389 e. The van der Waals surface area contributed by atoms with Crippen molar-refractivity contribution in [2.24, 2.45) is 16.7 Å². The van der Waals surface area contributed by atoms with Gasteiger partial charge < -0.3 is 14.7 Å². The van der Waals surface area contributed by atoms with Gasteiger partial charge in [0.2, 0.25) is 0 Å². The summed E-state index contributed by atoms with van der Waals surface area (Å²) in [4.78, 5) is 4.71. The van der Waals surface area contributed by atoms with Gasteiger partial charge in [0.05, 0.1) is 18.8 Å². The molecule has 0 unspecified atom stereocenters. The third kappa shape index (κ3) is 3.69. The highest BCUT2D eigenvalue weighted by Gasteiger charge is 2.61. The normalized spacial score (nSPS) is 33.4. The lowest BCUT2D eigenvalue weighted by atomic mass is 9.70. The largest absolute Gasteiger partial charge is 0.389 e. The number of halogens is 1. The first-order valence-corrected chi connectivity index (χ1v) is 11.2. The molecule has 1 aliphatic heterocycles. The molecule has 5 heteroatoms. The lowest BCUT2D eigenvalue weighted by Crippen LogP contribution is -2.49. The second-order valence-corrected chi connectivity index (χ2v) is 10.3. The third-order valence-electron chi connectivity index (χ3n) is 8.22. The van der Waals surface area contributed by atoms with Crippen LogP contribution < -0.4 is 4.90 Å². The van der Waals surface area contributed by atoms with Gasteiger partial charge in [-0.2, -0.15) is 0 Å². The Balaban J connectivity index is 1.22. The maximum atomic E-state index is 10.6. The maximum absolute atomic E-state index is 10.6. The molecule has 1 saturated heterocycles. The Morgan fingerprint density at radius 2 is 1.96 bits per heavy atom. The fourth-order valence-electron chi connectivity index (χ4n) is 5.82. The van der Waals surface area contributed by atoms with E-state index in [1.165, 1.54) is 18.5 Å². The highest BCUT2D eigenvalue weighted by Crippen LogP contribution is 2.66. The average Bonchev–Trinajstić information content (AvgIpc) is 3.00. The summed E-state index contributed by atoms with van der Waals surface area (Å²) in [6.07, 6.45) is 3.65. The summed E-state index contributed by atoms with van der Waals surface area (Å²) in [6, 6.07) is 8.05. The van der Waals surface area contributed by atoms with Crippen LogP contribution in [0, 0.1) is 16.7 Å². The molecule has 0 radical (unpaired) electrons. The van der Waals surface area contributed by atoms with E-state index in [1.807, 2.05) is 18.2 Å². The molecule has 1 heterocycles. The number of aliphatic hydroxyl groups is 1. The molecule has 0 aromatic heterocycles. The first-order chi connectivity index (χ1) is 13.3. The zero-order valence-corrected chi connectivity index (χ0v) is 18.3. The van der Waals surface area contributed by atoms with Gasteiger partial charge in [-0.1, -0.05) is 38.4 Å². The molecule has 3 fully saturated rings. The van der Waals surface area contributed by atoms with Crippen molar-refractivity contribution in [1.82, 2.24) is 4.90 Å². The second kappa shape index (κ2) is 7.79. The van der Waals surface area contributed by atoms with Crippen LogP contribution >= 0.6 is 11.6 Å². The van der Waals surface area contributed by atoms with Crippen LogP contribution in [0.4, 0.5) is 5.69 Å². The minimum absolute atomic E-state index is 0.264. The second-order valence-electron chi connectivity index (χ2n) is 9.85. The number of nitrogens with zero attached hydrogens (tertiary/aromatic N) is 2. The fraction of sp³-hybridized carbons (Fsp3) is 0.739. The number of anilines is 1. The molecular weight excluding hydrogens is 372 g/mol. The van der Waals surface area contributed by atoms with Crippen molar-refractivity contribution in [2.75, 3.05) is 44.2 Å². The van der Waals surface area contributed by atoms with Crippen LogP contribution in [0.1, 0.15) is 40.0 Å². The van der Waals surface area contributed by atoms with Gasteiger partial charge >= 0.3 is 0 Å². The van der Waals surface area contributed by atoms with Crippen LogP contribution in [0.5, 0.6) is 0 Å². The van der Waals surface area contributed by atoms with Crippen molar-refractivity contribution < 1.29 is 9.84 Å².